The van der Waals surface area contributed by atoms with Gasteiger partial charge in [0.1, 0.15) is 17.3 Å². The summed E-state index contributed by atoms with van der Waals surface area (Å²) >= 11 is 0. The molecule has 1 aliphatic heterocycles. The van der Waals surface area contributed by atoms with Crippen LogP contribution in [0.4, 0.5) is 4.39 Å². The van der Waals surface area contributed by atoms with Crippen LogP contribution in [0.3, 0.4) is 0 Å². The minimum atomic E-state index is -3.46. The Kier molecular flexibility index (Phi) is 8.54. The van der Waals surface area contributed by atoms with Gasteiger partial charge in [0.05, 0.1) is 32.3 Å². The van der Waals surface area contributed by atoms with Crippen LogP contribution in [0.15, 0.2) is 18.6 Å². The zero-order valence-corrected chi connectivity index (χ0v) is 21.8. The summed E-state index contributed by atoms with van der Waals surface area (Å²) in [6.45, 7) is 8.11. The first kappa shape index (κ1) is 27.5. The lowest BCUT2D eigenvalue weighted by atomic mass is 9.78. The summed E-state index contributed by atoms with van der Waals surface area (Å²) in [5, 5.41) is 2.68. The molecule has 2 aromatic rings. The van der Waals surface area contributed by atoms with Gasteiger partial charge in [-0.25, -0.2) is 19.4 Å². The molecule has 2 unspecified atom stereocenters. The lowest BCUT2D eigenvalue weighted by Gasteiger charge is -2.31. The molecule has 3 heterocycles. The number of rotatable bonds is 11. The summed E-state index contributed by atoms with van der Waals surface area (Å²) in [6.07, 6.45) is -0.297. The fourth-order valence-electron chi connectivity index (χ4n) is 4.19. The average molecular weight is 516 g/mol. The first-order valence-corrected chi connectivity index (χ1v) is 13.6. The second-order valence-electron chi connectivity index (χ2n) is 9.28. The first-order chi connectivity index (χ1) is 16.4. The van der Waals surface area contributed by atoms with Crippen LogP contribution < -0.4 is 15.6 Å². The molecule has 3 rings (SSSR count). The monoisotopic (exact) mass is 515 g/mol. The number of carbonyl (C=O) groups excluding carboxylic acids is 1. The van der Waals surface area contributed by atoms with Crippen molar-refractivity contribution in [2.24, 2.45) is 11.1 Å². The minimum absolute atomic E-state index is 0.177. The molecule has 35 heavy (non-hydrogen) atoms. The number of hydrogen-bond donors (Lipinski definition) is 2. The Morgan fingerprint density at radius 1 is 1.40 bits per heavy atom. The zero-order valence-electron chi connectivity index (χ0n) is 20.9. The lowest BCUT2D eigenvalue weighted by Crippen LogP contribution is -2.40. The highest BCUT2D eigenvalue weighted by molar-refractivity contribution is 7.56. The van der Waals surface area contributed by atoms with Crippen molar-refractivity contribution in [2.45, 2.75) is 64.8 Å². The Balaban J connectivity index is 1.78. The molecule has 0 saturated carbocycles. The van der Waals surface area contributed by atoms with Gasteiger partial charge in [0, 0.05) is 24.3 Å². The van der Waals surface area contributed by atoms with E-state index in [9.17, 15) is 9.36 Å². The summed E-state index contributed by atoms with van der Waals surface area (Å²) < 4.78 is 52.7. The molecule has 3 N–H and O–H groups in total. The van der Waals surface area contributed by atoms with E-state index in [1.807, 2.05) is 0 Å². The van der Waals surface area contributed by atoms with E-state index < -0.39 is 43.4 Å². The van der Waals surface area contributed by atoms with Crippen LogP contribution in [0.5, 0.6) is 5.75 Å². The van der Waals surface area contributed by atoms with E-state index in [2.05, 4.69) is 15.1 Å². The summed E-state index contributed by atoms with van der Waals surface area (Å²) in [5.74, 6) is -0.0376. The molecule has 0 bridgehead atoms. The predicted molar refractivity (Wildman–Crippen MR) is 128 cm³/mol. The Bertz CT molecular complexity index is 1080. The topological polar surface area (TPSA) is 140 Å². The van der Waals surface area contributed by atoms with E-state index in [1.165, 1.54) is 31.6 Å². The van der Waals surface area contributed by atoms with Gasteiger partial charge in [-0.1, -0.05) is 6.92 Å². The molecule has 11 nitrogen and oxygen atoms in total. The van der Waals surface area contributed by atoms with Crippen molar-refractivity contribution < 1.29 is 32.5 Å². The van der Waals surface area contributed by atoms with Gasteiger partial charge >= 0.3 is 5.97 Å². The van der Waals surface area contributed by atoms with E-state index in [4.69, 9.17) is 24.5 Å². The van der Waals surface area contributed by atoms with Crippen LogP contribution in [0.1, 0.15) is 40.3 Å². The number of methoxy groups -OCH3 is 1. The normalized spacial score (nSPS) is 27.2. The number of alkyl halides is 1. The second-order valence-corrected chi connectivity index (χ2v) is 11.5. The standard InChI is InChI=1S/C22H35FN5O6P/c1-13(2)33-21(29)14(3)27-35(6,30)32-11-16-22(4,8-9-24)18(23)20(34-16)28-12-26-17-15(31-5)7-10-25-19(17)28/h7,10,12-14,16,18,20H,8-9,11,24H2,1-6H3,(H,27,30)/t14-,16+,18?,20+,22-,35?/m0/s1. The van der Waals surface area contributed by atoms with E-state index >= 15 is 4.39 Å². The van der Waals surface area contributed by atoms with Crippen LogP contribution in [-0.4, -0.2) is 71.9 Å². The zero-order chi connectivity index (χ0) is 26.0. The third-order valence-electron chi connectivity index (χ3n) is 6.13. The number of carbonyl (C=O) groups is 1. The van der Waals surface area contributed by atoms with Crippen molar-refractivity contribution in [3.05, 3.63) is 18.6 Å². The Hall–Kier alpha value is -2.11. The minimum Gasteiger partial charge on any atom is -0.494 e. The number of nitrogens with one attached hydrogen (secondary N) is 1. The predicted octanol–water partition coefficient (Wildman–Crippen LogP) is 2.80. The molecule has 6 atom stereocenters. The number of hydrogen-bond acceptors (Lipinski definition) is 9. The van der Waals surface area contributed by atoms with Gasteiger partial charge in [-0.05, 0) is 33.7 Å². The van der Waals surface area contributed by atoms with Crippen molar-refractivity contribution in [2.75, 3.05) is 26.9 Å². The van der Waals surface area contributed by atoms with Crippen molar-refractivity contribution in [1.82, 2.24) is 19.6 Å². The Morgan fingerprint density at radius 3 is 2.74 bits per heavy atom. The molecule has 0 spiro atoms. The van der Waals surface area contributed by atoms with Crippen LogP contribution in [0.25, 0.3) is 11.2 Å². The summed E-state index contributed by atoms with van der Waals surface area (Å²) in [7, 11) is -1.94. The number of nitrogens with zero attached hydrogens (tertiary/aromatic N) is 3. The number of nitrogens with two attached hydrogens (primary N) is 1. The quantitative estimate of drug-likeness (QED) is 0.339. The Morgan fingerprint density at radius 2 is 2.11 bits per heavy atom. The molecule has 1 fully saturated rings. The van der Waals surface area contributed by atoms with Gasteiger partial charge in [-0.15, -0.1) is 0 Å². The molecular formula is C22H35FN5O6P. The average Bonchev–Trinajstić information content (AvgIpc) is 3.31. The maximum absolute atomic E-state index is 15.9. The summed E-state index contributed by atoms with van der Waals surface area (Å²) in [5.41, 5.74) is 5.66. The fourth-order valence-corrected chi connectivity index (χ4v) is 5.49. The van der Waals surface area contributed by atoms with Gasteiger partial charge < -0.3 is 24.5 Å². The summed E-state index contributed by atoms with van der Waals surface area (Å²) in [4.78, 5) is 20.7. The van der Waals surface area contributed by atoms with Crippen molar-refractivity contribution in [1.29, 1.82) is 0 Å². The van der Waals surface area contributed by atoms with Gasteiger partial charge in [0.25, 0.3) is 7.52 Å². The van der Waals surface area contributed by atoms with Crippen LogP contribution in [-0.2, 0) is 23.4 Å². The molecule has 0 amide bonds. The van der Waals surface area contributed by atoms with Crippen LogP contribution in [0, 0.1) is 5.41 Å². The third-order valence-corrected chi connectivity index (χ3v) is 7.62. The van der Waals surface area contributed by atoms with Crippen LogP contribution >= 0.6 is 7.52 Å². The van der Waals surface area contributed by atoms with Crippen molar-refractivity contribution >= 4 is 24.7 Å². The van der Waals surface area contributed by atoms with E-state index in [0.29, 0.717) is 23.3 Å². The van der Waals surface area contributed by atoms with Gasteiger partial charge in [-0.3, -0.25) is 13.9 Å². The highest BCUT2D eigenvalue weighted by Gasteiger charge is 2.55. The molecule has 1 saturated heterocycles. The van der Waals surface area contributed by atoms with Gasteiger partial charge in [0.15, 0.2) is 18.0 Å². The van der Waals surface area contributed by atoms with E-state index in [1.54, 1.807) is 33.0 Å². The van der Waals surface area contributed by atoms with E-state index in [0.717, 1.165) is 0 Å². The second kappa shape index (κ2) is 10.9. The molecule has 2 aromatic heterocycles. The lowest BCUT2D eigenvalue weighted by molar-refractivity contribution is -0.149. The molecule has 13 heteroatoms. The number of halogens is 1. The summed E-state index contributed by atoms with van der Waals surface area (Å²) in [6, 6.07) is 0.814. The Labute approximate surface area is 204 Å². The molecule has 0 aliphatic carbocycles. The first-order valence-electron chi connectivity index (χ1n) is 11.5. The number of ether oxygens (including phenoxy) is 3. The number of fused-ring (bicyclic) bond motifs is 1. The highest BCUT2D eigenvalue weighted by atomic mass is 31.2. The van der Waals surface area contributed by atoms with Gasteiger partial charge in [-0.2, -0.15) is 0 Å². The third kappa shape index (κ3) is 5.83. The molecule has 196 valence electrons. The maximum atomic E-state index is 15.9. The van der Waals surface area contributed by atoms with Crippen LogP contribution in [0.2, 0.25) is 0 Å². The fraction of sp³-hybridized carbons (Fsp3) is 0.682. The molecular weight excluding hydrogens is 480 g/mol. The maximum Gasteiger partial charge on any atom is 0.323 e. The highest BCUT2D eigenvalue weighted by Crippen LogP contribution is 2.50. The van der Waals surface area contributed by atoms with Crippen molar-refractivity contribution in [3.8, 4) is 5.75 Å². The van der Waals surface area contributed by atoms with Crippen molar-refractivity contribution in [3.63, 3.8) is 0 Å². The number of aromatic nitrogens is 3. The van der Waals surface area contributed by atoms with Gasteiger partial charge in [0.2, 0.25) is 0 Å². The number of esters is 1. The number of pyridine rings is 1. The SMILES string of the molecule is COc1ccnc2c1ncn2[C@@H]1O[C@H](COP(C)(=O)N[C@@H](C)C(=O)OC(C)C)[C@](C)(CCN)C1F. The molecule has 0 aromatic carbocycles. The molecule has 0 radical (unpaired) electrons. The largest absolute Gasteiger partial charge is 0.494 e. The number of imidazole rings is 1. The molecule has 1 aliphatic rings. The smallest absolute Gasteiger partial charge is 0.323 e. The van der Waals surface area contributed by atoms with E-state index in [-0.39, 0.29) is 19.3 Å².